The molecule has 0 atom stereocenters. The molecule has 10 heavy (non-hydrogen) atoms. The normalized spacial score (nSPS) is 8.10. The largest absolute Gasteiger partial charge is 0.234 e. The highest BCUT2D eigenvalue weighted by Gasteiger charge is 1.89. The minimum absolute atomic E-state index is 0. The van der Waals surface area contributed by atoms with Gasteiger partial charge in [0.05, 0.1) is 0 Å². The fourth-order valence-corrected chi connectivity index (χ4v) is 0.570. The van der Waals surface area contributed by atoms with Crippen LogP contribution in [0.1, 0.15) is 5.56 Å². The van der Waals surface area contributed by atoms with Crippen LogP contribution in [0.5, 0.6) is 0 Å². The van der Waals surface area contributed by atoms with E-state index in [-0.39, 0.29) is 18.2 Å². The third kappa shape index (κ3) is 2.11. The van der Waals surface area contributed by atoms with Crippen LogP contribution in [-0.2, 0) is 0 Å². The number of rotatable bonds is 1. The highest BCUT2D eigenvalue weighted by molar-refractivity contribution is 5.85. The van der Waals surface area contributed by atoms with Crippen LogP contribution in [0.2, 0.25) is 0 Å². The third-order valence-electron chi connectivity index (χ3n) is 0.995. The number of halogens is 1. The molecule has 0 bridgehead atoms. The summed E-state index contributed by atoms with van der Waals surface area (Å²) in [6, 6.07) is 3.45. The van der Waals surface area contributed by atoms with Gasteiger partial charge < -0.3 is 0 Å². The first-order chi connectivity index (χ1) is 4.33. The van der Waals surface area contributed by atoms with Gasteiger partial charge in [-0.05, 0) is 29.8 Å². The summed E-state index contributed by atoms with van der Waals surface area (Å²) in [5.74, 6) is 0.245. The molecule has 0 N–H and O–H groups in total. The Hall–Kier alpha value is -0.960. The summed E-state index contributed by atoms with van der Waals surface area (Å²) < 4.78 is 0. The summed E-state index contributed by atoms with van der Waals surface area (Å²) in [7, 11) is 0. The van der Waals surface area contributed by atoms with E-state index in [2.05, 4.69) is 10.2 Å². The first-order valence-electron chi connectivity index (χ1n) is 2.59. The monoisotopic (exact) mass is 158 g/mol. The van der Waals surface area contributed by atoms with Crippen LogP contribution in [0.4, 0.5) is 5.82 Å². The Kier molecular flexibility index (Phi) is 3.57. The topological polar surface area (TPSA) is 42.3 Å². The molecule has 0 aliphatic rings. The minimum atomic E-state index is 0. The Bertz CT molecular complexity index is 227. The number of nitroso groups, excluding NO2 is 1. The molecule has 0 unspecified atom stereocenters. The lowest BCUT2D eigenvalue weighted by Crippen LogP contribution is -1.73. The second-order valence-electron chi connectivity index (χ2n) is 1.78. The van der Waals surface area contributed by atoms with Crippen LogP contribution in [-0.4, -0.2) is 4.98 Å². The predicted molar refractivity (Wildman–Crippen MR) is 41.7 cm³/mol. The molecule has 1 aromatic heterocycles. The van der Waals surface area contributed by atoms with E-state index >= 15 is 0 Å². The second-order valence-corrected chi connectivity index (χ2v) is 1.78. The molecule has 0 saturated heterocycles. The molecule has 0 aromatic carbocycles. The molecule has 0 saturated carbocycles. The van der Waals surface area contributed by atoms with E-state index in [0.29, 0.717) is 0 Å². The molecule has 54 valence electrons. The predicted octanol–water partition coefficient (Wildman–Crippen LogP) is 2.21. The van der Waals surface area contributed by atoms with Crippen molar-refractivity contribution in [2.24, 2.45) is 5.18 Å². The van der Waals surface area contributed by atoms with Crippen LogP contribution in [0.15, 0.2) is 23.5 Å². The molecule has 0 aliphatic carbocycles. The first-order valence-corrected chi connectivity index (χ1v) is 2.59. The average molecular weight is 159 g/mol. The Labute approximate surface area is 64.9 Å². The van der Waals surface area contributed by atoms with E-state index in [4.69, 9.17) is 0 Å². The molecule has 1 heterocycles. The maximum absolute atomic E-state index is 9.85. The van der Waals surface area contributed by atoms with Crippen molar-refractivity contribution in [3.05, 3.63) is 28.8 Å². The molecule has 0 fully saturated rings. The fourth-order valence-electron chi connectivity index (χ4n) is 0.570. The molecule has 0 aliphatic heterocycles. The molecule has 1 aromatic rings. The summed E-state index contributed by atoms with van der Waals surface area (Å²) >= 11 is 0. The zero-order valence-corrected chi connectivity index (χ0v) is 6.26. The molecule has 0 radical (unpaired) electrons. The van der Waals surface area contributed by atoms with Gasteiger partial charge in [0.25, 0.3) is 0 Å². The van der Waals surface area contributed by atoms with Crippen molar-refractivity contribution < 1.29 is 0 Å². The van der Waals surface area contributed by atoms with E-state index in [1.54, 1.807) is 12.3 Å². The quantitative estimate of drug-likeness (QED) is 0.588. The van der Waals surface area contributed by atoms with Crippen LogP contribution in [0.3, 0.4) is 0 Å². The lowest BCUT2D eigenvalue weighted by atomic mass is 10.3. The summed E-state index contributed by atoms with van der Waals surface area (Å²) in [5.41, 5.74) is 1.000. The van der Waals surface area contributed by atoms with Gasteiger partial charge in [0.15, 0.2) is 5.82 Å². The van der Waals surface area contributed by atoms with Crippen molar-refractivity contribution in [3.63, 3.8) is 0 Å². The van der Waals surface area contributed by atoms with Crippen LogP contribution in [0.25, 0.3) is 0 Å². The molecule has 1 rings (SSSR count). The van der Waals surface area contributed by atoms with E-state index < -0.39 is 0 Å². The minimum Gasteiger partial charge on any atom is -0.234 e. The summed E-state index contributed by atoms with van der Waals surface area (Å²) in [4.78, 5) is 13.5. The summed E-state index contributed by atoms with van der Waals surface area (Å²) in [5, 5.41) is 2.67. The van der Waals surface area contributed by atoms with E-state index in [1.165, 1.54) is 0 Å². The zero-order valence-electron chi connectivity index (χ0n) is 5.44. The summed E-state index contributed by atoms with van der Waals surface area (Å²) in [6.07, 6.45) is 1.56. The number of pyridine rings is 1. The zero-order chi connectivity index (χ0) is 6.69. The molecule has 0 amide bonds. The SMILES string of the molecule is Cc1ccnc(N=O)c1.Cl. The van der Waals surface area contributed by atoms with Gasteiger partial charge in [0.2, 0.25) is 0 Å². The second kappa shape index (κ2) is 3.95. The van der Waals surface area contributed by atoms with Gasteiger partial charge in [-0.1, -0.05) is 0 Å². The van der Waals surface area contributed by atoms with E-state index in [9.17, 15) is 4.91 Å². The number of aromatic nitrogens is 1. The van der Waals surface area contributed by atoms with Gasteiger partial charge in [-0.2, -0.15) is 0 Å². The van der Waals surface area contributed by atoms with Crippen molar-refractivity contribution in [1.82, 2.24) is 4.98 Å². The van der Waals surface area contributed by atoms with E-state index in [0.717, 1.165) is 5.56 Å². The molecular weight excluding hydrogens is 152 g/mol. The van der Waals surface area contributed by atoms with E-state index in [1.807, 2.05) is 13.0 Å². The Morgan fingerprint density at radius 3 is 2.70 bits per heavy atom. The van der Waals surface area contributed by atoms with Crippen molar-refractivity contribution in [3.8, 4) is 0 Å². The fraction of sp³-hybridized carbons (Fsp3) is 0.167. The van der Waals surface area contributed by atoms with Gasteiger partial charge in [0, 0.05) is 6.20 Å². The van der Waals surface area contributed by atoms with Crippen molar-refractivity contribution in [1.29, 1.82) is 0 Å². The average Bonchev–Trinajstić information content (AvgIpc) is 1.88. The van der Waals surface area contributed by atoms with Crippen molar-refractivity contribution >= 4 is 18.2 Å². The van der Waals surface area contributed by atoms with Gasteiger partial charge in [-0.3, -0.25) is 0 Å². The highest BCUT2D eigenvalue weighted by Crippen LogP contribution is 2.07. The maximum atomic E-state index is 9.85. The highest BCUT2D eigenvalue weighted by atomic mass is 35.5. The maximum Gasteiger partial charge on any atom is 0.196 e. The number of nitrogens with zero attached hydrogens (tertiary/aromatic N) is 2. The van der Waals surface area contributed by atoms with Crippen molar-refractivity contribution in [2.75, 3.05) is 0 Å². The van der Waals surface area contributed by atoms with Crippen LogP contribution in [0, 0.1) is 11.8 Å². The molecule has 4 heteroatoms. The Balaban J connectivity index is 0.000000810. The number of hydrogen-bond donors (Lipinski definition) is 0. The Morgan fingerprint density at radius 1 is 1.60 bits per heavy atom. The number of aryl methyl sites for hydroxylation is 1. The van der Waals surface area contributed by atoms with Gasteiger partial charge in [0.1, 0.15) is 0 Å². The molecule has 3 nitrogen and oxygen atoms in total. The Morgan fingerprint density at radius 2 is 2.30 bits per heavy atom. The van der Waals surface area contributed by atoms with Gasteiger partial charge >= 0.3 is 0 Å². The molecular formula is C6H7ClN2O. The van der Waals surface area contributed by atoms with Gasteiger partial charge in [-0.15, -0.1) is 17.3 Å². The van der Waals surface area contributed by atoms with Gasteiger partial charge in [-0.25, -0.2) is 4.98 Å². The van der Waals surface area contributed by atoms with Crippen molar-refractivity contribution in [2.45, 2.75) is 6.92 Å². The number of hydrogen-bond acceptors (Lipinski definition) is 3. The third-order valence-corrected chi connectivity index (χ3v) is 0.995. The molecule has 0 spiro atoms. The summed E-state index contributed by atoms with van der Waals surface area (Å²) in [6.45, 7) is 1.89. The van der Waals surface area contributed by atoms with Crippen LogP contribution < -0.4 is 0 Å². The smallest absolute Gasteiger partial charge is 0.196 e. The lowest BCUT2D eigenvalue weighted by Gasteiger charge is -1.87. The standard InChI is InChI=1S/C6H6N2O.ClH/c1-5-2-3-7-6(4-5)8-9;/h2-4H,1H3;1H. The lowest BCUT2D eigenvalue weighted by molar-refractivity contribution is 1.24. The first kappa shape index (κ1) is 9.04. The van der Waals surface area contributed by atoms with Crippen LogP contribution >= 0.6 is 12.4 Å².